The third-order valence-corrected chi connectivity index (χ3v) is 6.95. The molecule has 4 rings (SSSR count). The number of aryl methyl sites for hydroxylation is 1. The highest BCUT2D eigenvalue weighted by Gasteiger charge is 2.32. The molecule has 0 bridgehead atoms. The van der Waals surface area contributed by atoms with Crippen molar-refractivity contribution in [1.82, 2.24) is 4.98 Å². The molecule has 1 aliphatic rings. The van der Waals surface area contributed by atoms with Crippen LogP contribution in [0.2, 0.25) is 0 Å². The molecule has 1 aromatic heterocycles. The topological polar surface area (TPSA) is 62.7 Å². The first-order chi connectivity index (χ1) is 14.5. The second kappa shape index (κ2) is 8.36. The van der Waals surface area contributed by atoms with Gasteiger partial charge in [-0.05, 0) is 55.8 Å². The zero-order valence-corrected chi connectivity index (χ0v) is 18.0. The minimum Gasteiger partial charge on any atom is -0.494 e. The molecule has 0 radical (unpaired) electrons. The monoisotopic (exact) mass is 423 g/mol. The third kappa shape index (κ3) is 3.98. The van der Waals surface area contributed by atoms with E-state index in [1.54, 1.807) is 36.5 Å². The Hall–Kier alpha value is -3.06. The van der Waals surface area contributed by atoms with E-state index in [2.05, 4.69) is 41.1 Å². The average molecular weight is 424 g/mol. The van der Waals surface area contributed by atoms with Gasteiger partial charge in [0.15, 0.2) is 5.82 Å². The number of aromatic nitrogens is 1. The third-order valence-electron chi connectivity index (χ3n) is 5.12. The maximum atomic E-state index is 13.4. The van der Waals surface area contributed by atoms with Gasteiger partial charge in [0.1, 0.15) is 5.75 Å². The lowest BCUT2D eigenvalue weighted by Gasteiger charge is -2.37. The molecule has 0 saturated heterocycles. The maximum absolute atomic E-state index is 13.4. The summed E-state index contributed by atoms with van der Waals surface area (Å²) >= 11 is 0. The fourth-order valence-corrected chi connectivity index (χ4v) is 5.04. The van der Waals surface area contributed by atoms with Gasteiger partial charge < -0.3 is 9.64 Å². The van der Waals surface area contributed by atoms with Crippen molar-refractivity contribution in [3.63, 3.8) is 0 Å². The first-order valence-corrected chi connectivity index (χ1v) is 11.4. The minimum atomic E-state index is -3.70. The normalized spacial score (nSPS) is 13.8. The van der Waals surface area contributed by atoms with Gasteiger partial charge in [0.2, 0.25) is 0 Å². The Kier molecular flexibility index (Phi) is 5.63. The van der Waals surface area contributed by atoms with E-state index in [1.807, 2.05) is 13.0 Å². The van der Waals surface area contributed by atoms with Gasteiger partial charge in [-0.15, -0.1) is 0 Å². The van der Waals surface area contributed by atoms with Crippen LogP contribution >= 0.6 is 0 Å². The van der Waals surface area contributed by atoms with Crippen molar-refractivity contribution in [1.29, 1.82) is 0 Å². The number of anilines is 2. The fraction of sp³-hybridized carbons (Fsp3) is 0.261. The molecule has 0 aliphatic carbocycles. The van der Waals surface area contributed by atoms with Crippen LogP contribution in [0.15, 0.2) is 71.8 Å². The van der Waals surface area contributed by atoms with Gasteiger partial charge >= 0.3 is 0 Å². The summed E-state index contributed by atoms with van der Waals surface area (Å²) in [4.78, 5) is 6.88. The SMILES string of the molecule is CCOc1ccc(S(=O)(=O)N2CCN(Cc3ccc(C)cc3)c3ncccc32)cc1. The molecule has 30 heavy (non-hydrogen) atoms. The van der Waals surface area contributed by atoms with E-state index in [-0.39, 0.29) is 4.90 Å². The summed E-state index contributed by atoms with van der Waals surface area (Å²) in [6.07, 6.45) is 1.70. The Morgan fingerprint density at radius 1 is 1.00 bits per heavy atom. The molecule has 156 valence electrons. The van der Waals surface area contributed by atoms with Crippen LogP contribution in [0.1, 0.15) is 18.1 Å². The smallest absolute Gasteiger partial charge is 0.264 e. The predicted molar refractivity (Wildman–Crippen MR) is 119 cm³/mol. The van der Waals surface area contributed by atoms with Gasteiger partial charge in [0.05, 0.1) is 23.7 Å². The van der Waals surface area contributed by atoms with E-state index >= 15 is 0 Å². The number of fused-ring (bicyclic) bond motifs is 1. The minimum absolute atomic E-state index is 0.243. The molecular weight excluding hydrogens is 398 g/mol. The van der Waals surface area contributed by atoms with Crippen LogP contribution in [0.3, 0.4) is 0 Å². The van der Waals surface area contributed by atoms with Gasteiger partial charge in [-0.3, -0.25) is 4.31 Å². The van der Waals surface area contributed by atoms with Crippen LogP contribution in [0.4, 0.5) is 11.5 Å². The second-order valence-electron chi connectivity index (χ2n) is 7.23. The van der Waals surface area contributed by atoms with Crippen LogP contribution in [-0.4, -0.2) is 33.1 Å². The molecule has 0 unspecified atom stereocenters. The standard InChI is InChI=1S/C23H25N3O3S/c1-3-29-20-10-12-21(13-11-20)30(27,28)26-16-15-25(23-22(26)5-4-14-24-23)17-19-8-6-18(2)7-9-19/h4-14H,3,15-17H2,1-2H3. The Balaban J connectivity index is 1.63. The first-order valence-electron chi connectivity index (χ1n) is 10.00. The second-order valence-corrected chi connectivity index (χ2v) is 9.10. The number of hydrogen-bond donors (Lipinski definition) is 0. The van der Waals surface area contributed by atoms with Crippen LogP contribution < -0.4 is 13.9 Å². The summed E-state index contributed by atoms with van der Waals surface area (Å²) in [6, 6.07) is 18.5. The van der Waals surface area contributed by atoms with Crippen molar-refractivity contribution in [3.8, 4) is 5.75 Å². The molecule has 0 fully saturated rings. The number of nitrogens with zero attached hydrogens (tertiary/aromatic N) is 3. The molecule has 0 spiro atoms. The van der Waals surface area contributed by atoms with Crippen LogP contribution in [0, 0.1) is 6.92 Å². The molecule has 0 atom stereocenters. The zero-order valence-electron chi connectivity index (χ0n) is 17.2. The van der Waals surface area contributed by atoms with Crippen molar-refractivity contribution < 1.29 is 13.2 Å². The van der Waals surface area contributed by atoms with Gasteiger partial charge in [-0.2, -0.15) is 0 Å². The Morgan fingerprint density at radius 3 is 2.43 bits per heavy atom. The van der Waals surface area contributed by atoms with E-state index in [1.165, 1.54) is 15.4 Å². The van der Waals surface area contributed by atoms with Crippen LogP contribution in [-0.2, 0) is 16.6 Å². The zero-order chi connectivity index (χ0) is 21.1. The Bertz CT molecular complexity index is 1110. The van der Waals surface area contributed by atoms with Gasteiger partial charge in [0.25, 0.3) is 10.0 Å². The highest BCUT2D eigenvalue weighted by atomic mass is 32.2. The molecule has 7 heteroatoms. The molecule has 0 N–H and O–H groups in total. The van der Waals surface area contributed by atoms with Gasteiger partial charge in [-0.25, -0.2) is 13.4 Å². The van der Waals surface area contributed by atoms with Crippen molar-refractivity contribution in [2.24, 2.45) is 0 Å². The molecule has 0 amide bonds. The quantitative estimate of drug-likeness (QED) is 0.600. The fourth-order valence-electron chi connectivity index (χ4n) is 3.58. The molecule has 2 aromatic carbocycles. The summed E-state index contributed by atoms with van der Waals surface area (Å²) in [7, 11) is -3.70. The lowest BCUT2D eigenvalue weighted by molar-refractivity contribution is 0.340. The summed E-state index contributed by atoms with van der Waals surface area (Å²) in [5, 5.41) is 0. The predicted octanol–water partition coefficient (Wildman–Crippen LogP) is 4.00. The molecule has 1 aliphatic heterocycles. The maximum Gasteiger partial charge on any atom is 0.264 e. The van der Waals surface area contributed by atoms with Crippen molar-refractivity contribution in [2.45, 2.75) is 25.3 Å². The molecular formula is C23H25N3O3S. The Morgan fingerprint density at radius 2 is 1.73 bits per heavy atom. The number of benzene rings is 2. The average Bonchev–Trinajstić information content (AvgIpc) is 2.76. The number of hydrogen-bond acceptors (Lipinski definition) is 5. The Labute approximate surface area is 177 Å². The van der Waals surface area contributed by atoms with Crippen molar-refractivity contribution >= 4 is 21.5 Å². The van der Waals surface area contributed by atoms with E-state index in [0.29, 0.717) is 43.5 Å². The summed E-state index contributed by atoms with van der Waals surface area (Å²) < 4.78 is 33.6. The van der Waals surface area contributed by atoms with Crippen molar-refractivity contribution in [2.75, 3.05) is 28.9 Å². The van der Waals surface area contributed by atoms with Crippen LogP contribution in [0.5, 0.6) is 5.75 Å². The molecule has 0 saturated carbocycles. The van der Waals surface area contributed by atoms with Gasteiger partial charge in [0, 0.05) is 19.3 Å². The lowest BCUT2D eigenvalue weighted by Crippen LogP contribution is -2.44. The summed E-state index contributed by atoms with van der Waals surface area (Å²) in [5.74, 6) is 1.33. The first kappa shape index (κ1) is 20.2. The summed E-state index contributed by atoms with van der Waals surface area (Å²) in [6.45, 7) is 6.10. The number of rotatable bonds is 6. The largest absolute Gasteiger partial charge is 0.494 e. The molecule has 2 heterocycles. The highest BCUT2D eigenvalue weighted by molar-refractivity contribution is 7.92. The van der Waals surface area contributed by atoms with Crippen LogP contribution in [0.25, 0.3) is 0 Å². The van der Waals surface area contributed by atoms with E-state index in [9.17, 15) is 8.42 Å². The van der Waals surface area contributed by atoms with Gasteiger partial charge in [-0.1, -0.05) is 29.8 Å². The highest BCUT2D eigenvalue weighted by Crippen LogP contribution is 2.35. The van der Waals surface area contributed by atoms with Crippen molar-refractivity contribution in [3.05, 3.63) is 78.0 Å². The lowest BCUT2D eigenvalue weighted by atomic mass is 10.1. The van der Waals surface area contributed by atoms with E-state index < -0.39 is 10.0 Å². The number of ether oxygens (including phenoxy) is 1. The molecule has 6 nitrogen and oxygen atoms in total. The van der Waals surface area contributed by atoms with E-state index in [4.69, 9.17) is 4.74 Å². The van der Waals surface area contributed by atoms with E-state index in [0.717, 1.165) is 0 Å². The summed E-state index contributed by atoms with van der Waals surface area (Å²) in [5.41, 5.74) is 2.98. The molecule has 3 aromatic rings. The number of sulfonamides is 1. The number of pyridine rings is 1.